The van der Waals surface area contributed by atoms with E-state index in [1.807, 2.05) is 0 Å². The smallest absolute Gasteiger partial charge is 0.208 e. The van der Waals surface area contributed by atoms with Gasteiger partial charge in [-0.05, 0) is 12.8 Å². The van der Waals surface area contributed by atoms with Crippen molar-refractivity contribution in [2.75, 3.05) is 12.8 Å². The average molecular weight is 193 g/mol. The van der Waals surface area contributed by atoms with Gasteiger partial charge in [0.15, 0.2) is 0 Å². The molecule has 0 saturated carbocycles. The summed E-state index contributed by atoms with van der Waals surface area (Å²) in [7, 11) is -3.06. The number of amidine groups is 1. The topological polar surface area (TPSA) is 96.0 Å². The fraction of sp³-hybridized carbons (Fsp3) is 0.833. The van der Waals surface area contributed by atoms with Crippen LogP contribution in [0, 0.1) is 5.41 Å². The molecule has 0 aliphatic rings. The van der Waals surface area contributed by atoms with Gasteiger partial charge in [0, 0.05) is 13.0 Å². The lowest BCUT2D eigenvalue weighted by molar-refractivity contribution is 0.583. The zero-order valence-electron chi connectivity index (χ0n) is 7.13. The van der Waals surface area contributed by atoms with Gasteiger partial charge in [0.1, 0.15) is 0 Å². The van der Waals surface area contributed by atoms with E-state index >= 15 is 0 Å². The van der Waals surface area contributed by atoms with E-state index in [4.69, 9.17) is 11.1 Å². The van der Waals surface area contributed by atoms with Crippen LogP contribution in [0.25, 0.3) is 0 Å². The Kier molecular flexibility index (Phi) is 4.84. The van der Waals surface area contributed by atoms with Crippen molar-refractivity contribution in [1.29, 1.82) is 5.41 Å². The van der Waals surface area contributed by atoms with Crippen LogP contribution in [0.5, 0.6) is 0 Å². The molecule has 0 bridgehead atoms. The fourth-order valence-electron chi connectivity index (χ4n) is 0.698. The SMILES string of the molecule is CS(=O)(=O)NCCCCC(=N)N. The number of nitrogens with one attached hydrogen (secondary N) is 2. The minimum Gasteiger partial charge on any atom is -0.388 e. The molecule has 6 heteroatoms. The van der Waals surface area contributed by atoms with Crippen molar-refractivity contribution in [3.63, 3.8) is 0 Å². The van der Waals surface area contributed by atoms with Crippen molar-refractivity contribution < 1.29 is 8.42 Å². The summed E-state index contributed by atoms with van der Waals surface area (Å²) in [6.45, 7) is 0.423. The van der Waals surface area contributed by atoms with E-state index in [0.29, 0.717) is 19.4 Å². The second-order valence-corrected chi connectivity index (χ2v) is 4.48. The van der Waals surface area contributed by atoms with E-state index in [1.165, 1.54) is 0 Å². The van der Waals surface area contributed by atoms with Crippen LogP contribution in [0.3, 0.4) is 0 Å². The lowest BCUT2D eigenvalue weighted by Gasteiger charge is -2.00. The van der Waals surface area contributed by atoms with Crippen LogP contribution < -0.4 is 10.5 Å². The first-order chi connectivity index (χ1) is 5.42. The largest absolute Gasteiger partial charge is 0.388 e. The van der Waals surface area contributed by atoms with E-state index in [2.05, 4.69) is 4.72 Å². The Hall–Kier alpha value is -0.620. The summed E-state index contributed by atoms with van der Waals surface area (Å²) in [5.41, 5.74) is 5.11. The predicted octanol–water partition coefficient (Wildman–Crippen LogP) is -0.358. The molecular formula is C6H15N3O2S. The molecule has 0 unspecified atom stereocenters. The molecule has 0 spiro atoms. The Labute approximate surface area is 72.9 Å². The molecule has 0 aliphatic carbocycles. The summed E-state index contributed by atoms with van der Waals surface area (Å²) >= 11 is 0. The van der Waals surface area contributed by atoms with Crippen molar-refractivity contribution in [2.45, 2.75) is 19.3 Å². The van der Waals surface area contributed by atoms with Crippen molar-refractivity contribution >= 4 is 15.9 Å². The van der Waals surface area contributed by atoms with Crippen molar-refractivity contribution in [2.24, 2.45) is 5.73 Å². The average Bonchev–Trinajstić information content (AvgIpc) is 1.83. The van der Waals surface area contributed by atoms with Gasteiger partial charge in [-0.2, -0.15) is 0 Å². The molecule has 0 rings (SSSR count). The van der Waals surface area contributed by atoms with Crippen LogP contribution in [0.4, 0.5) is 0 Å². The third-order valence-corrected chi connectivity index (χ3v) is 1.97. The number of sulfonamides is 1. The Morgan fingerprint density at radius 1 is 1.50 bits per heavy atom. The van der Waals surface area contributed by atoms with E-state index in [-0.39, 0.29) is 5.84 Å². The molecule has 0 radical (unpaired) electrons. The second-order valence-electron chi connectivity index (χ2n) is 2.65. The van der Waals surface area contributed by atoms with Gasteiger partial charge < -0.3 is 5.73 Å². The van der Waals surface area contributed by atoms with Gasteiger partial charge in [-0.25, -0.2) is 13.1 Å². The maximum atomic E-state index is 10.6. The zero-order chi connectivity index (χ0) is 9.61. The lowest BCUT2D eigenvalue weighted by atomic mass is 10.2. The molecule has 0 aliphatic heterocycles. The van der Waals surface area contributed by atoms with Gasteiger partial charge in [0.2, 0.25) is 10.0 Å². The van der Waals surface area contributed by atoms with Crippen LogP contribution >= 0.6 is 0 Å². The van der Waals surface area contributed by atoms with Gasteiger partial charge in [-0.15, -0.1) is 0 Å². The quantitative estimate of drug-likeness (QED) is 0.305. The van der Waals surface area contributed by atoms with Crippen LogP contribution in [0.2, 0.25) is 0 Å². The number of unbranched alkanes of at least 4 members (excludes halogenated alkanes) is 1. The highest BCUT2D eigenvalue weighted by molar-refractivity contribution is 7.88. The highest BCUT2D eigenvalue weighted by Gasteiger charge is 1.98. The highest BCUT2D eigenvalue weighted by atomic mass is 32.2. The van der Waals surface area contributed by atoms with Gasteiger partial charge in [-0.1, -0.05) is 0 Å². The standard InChI is InChI=1S/C6H15N3O2S/c1-12(10,11)9-5-3-2-4-6(7)8/h9H,2-5H2,1H3,(H3,7,8). The van der Waals surface area contributed by atoms with Crippen molar-refractivity contribution in [3.05, 3.63) is 0 Å². The molecule has 12 heavy (non-hydrogen) atoms. The highest BCUT2D eigenvalue weighted by Crippen LogP contribution is 1.92. The summed E-state index contributed by atoms with van der Waals surface area (Å²) in [5.74, 6) is 0.148. The molecule has 0 aromatic rings. The van der Waals surface area contributed by atoms with Gasteiger partial charge in [0.05, 0.1) is 12.1 Å². The first-order valence-corrected chi connectivity index (χ1v) is 5.58. The van der Waals surface area contributed by atoms with Crippen LogP contribution in [0.15, 0.2) is 0 Å². The van der Waals surface area contributed by atoms with Crippen molar-refractivity contribution in [3.8, 4) is 0 Å². The Morgan fingerprint density at radius 3 is 2.50 bits per heavy atom. The van der Waals surface area contributed by atoms with Gasteiger partial charge in [0.25, 0.3) is 0 Å². The molecular weight excluding hydrogens is 178 g/mol. The summed E-state index contributed by atoms with van der Waals surface area (Å²) in [6, 6.07) is 0. The Morgan fingerprint density at radius 2 is 2.08 bits per heavy atom. The molecule has 4 N–H and O–H groups in total. The number of rotatable bonds is 6. The molecule has 5 nitrogen and oxygen atoms in total. The molecule has 0 amide bonds. The van der Waals surface area contributed by atoms with Gasteiger partial charge in [-0.3, -0.25) is 5.41 Å². The minimum atomic E-state index is -3.06. The molecule has 0 fully saturated rings. The third kappa shape index (κ3) is 9.38. The number of hydrogen-bond donors (Lipinski definition) is 3. The Balaban J connectivity index is 3.29. The van der Waals surface area contributed by atoms with E-state index in [1.54, 1.807) is 0 Å². The van der Waals surface area contributed by atoms with Gasteiger partial charge >= 0.3 is 0 Å². The number of nitrogens with two attached hydrogens (primary N) is 1. The maximum Gasteiger partial charge on any atom is 0.208 e. The first-order valence-electron chi connectivity index (χ1n) is 3.69. The van der Waals surface area contributed by atoms with E-state index in [9.17, 15) is 8.42 Å². The van der Waals surface area contributed by atoms with Crippen LogP contribution in [-0.4, -0.2) is 27.1 Å². The molecule has 72 valence electrons. The van der Waals surface area contributed by atoms with Crippen LogP contribution in [-0.2, 0) is 10.0 Å². The summed E-state index contributed by atoms with van der Waals surface area (Å²) in [4.78, 5) is 0. The molecule has 0 saturated heterocycles. The summed E-state index contributed by atoms with van der Waals surface area (Å²) in [5, 5.41) is 6.89. The van der Waals surface area contributed by atoms with E-state index in [0.717, 1.165) is 12.7 Å². The zero-order valence-corrected chi connectivity index (χ0v) is 7.95. The second kappa shape index (κ2) is 5.10. The summed E-state index contributed by atoms with van der Waals surface area (Å²) < 4.78 is 23.5. The lowest BCUT2D eigenvalue weighted by Crippen LogP contribution is -2.23. The number of hydrogen-bond acceptors (Lipinski definition) is 3. The maximum absolute atomic E-state index is 10.6. The molecule has 0 heterocycles. The fourth-order valence-corrected chi connectivity index (χ4v) is 1.21. The van der Waals surface area contributed by atoms with Crippen LogP contribution in [0.1, 0.15) is 19.3 Å². The normalized spacial score (nSPS) is 11.4. The monoisotopic (exact) mass is 193 g/mol. The Bertz CT molecular complexity index is 235. The molecule has 0 atom stereocenters. The molecule has 0 aromatic heterocycles. The van der Waals surface area contributed by atoms with Crippen molar-refractivity contribution in [1.82, 2.24) is 4.72 Å². The molecule has 0 aromatic carbocycles. The summed E-state index contributed by atoms with van der Waals surface area (Å²) in [6.07, 6.45) is 3.12. The third-order valence-electron chi connectivity index (χ3n) is 1.24. The predicted molar refractivity (Wildman–Crippen MR) is 48.6 cm³/mol. The first kappa shape index (κ1) is 11.4. The van der Waals surface area contributed by atoms with E-state index < -0.39 is 10.0 Å². The minimum absolute atomic E-state index is 0.148.